The van der Waals surface area contributed by atoms with E-state index in [4.69, 9.17) is 0 Å². The van der Waals surface area contributed by atoms with Gasteiger partial charge in [0.2, 0.25) is 0 Å². The van der Waals surface area contributed by atoms with Crippen LogP contribution in [0.25, 0.3) is 6.08 Å². The Balaban J connectivity index is 2.23. The van der Waals surface area contributed by atoms with Crippen LogP contribution in [0.5, 0.6) is 0 Å². The van der Waals surface area contributed by atoms with E-state index >= 15 is 0 Å². The van der Waals surface area contributed by atoms with Crippen LogP contribution in [-0.4, -0.2) is 25.7 Å². The molecule has 1 saturated heterocycles. The van der Waals surface area contributed by atoms with Gasteiger partial charge in [0.25, 0.3) is 0 Å². The molecule has 1 fully saturated rings. The minimum Gasteiger partial charge on any atom is -0.366 e. The van der Waals surface area contributed by atoms with Gasteiger partial charge >= 0.3 is 0 Å². The van der Waals surface area contributed by atoms with Crippen molar-refractivity contribution in [3.63, 3.8) is 0 Å². The van der Waals surface area contributed by atoms with Gasteiger partial charge in [-0.2, -0.15) is 0 Å². The van der Waals surface area contributed by atoms with Crippen LogP contribution in [0.2, 0.25) is 0 Å². The monoisotopic (exact) mass is 202 g/mol. The highest BCUT2D eigenvalue weighted by Gasteiger charge is 2.17. The Morgan fingerprint density at radius 3 is 3.13 bits per heavy atom. The van der Waals surface area contributed by atoms with Crippen molar-refractivity contribution >= 4 is 11.8 Å². The average Bonchev–Trinajstić information content (AvgIpc) is 2.30. The van der Waals surface area contributed by atoms with Crippen molar-refractivity contribution in [2.24, 2.45) is 0 Å². The predicted molar refractivity (Wildman–Crippen MR) is 66.2 cm³/mol. The number of benzene rings is 1. The molecule has 15 heavy (non-hydrogen) atoms. The van der Waals surface area contributed by atoms with E-state index in [2.05, 4.69) is 48.0 Å². The van der Waals surface area contributed by atoms with Gasteiger partial charge in [0.15, 0.2) is 0 Å². The van der Waals surface area contributed by atoms with E-state index in [0.717, 1.165) is 19.6 Å². The van der Waals surface area contributed by atoms with E-state index in [-0.39, 0.29) is 0 Å². The maximum atomic E-state index is 3.81. The second-order valence-electron chi connectivity index (χ2n) is 4.05. The summed E-state index contributed by atoms with van der Waals surface area (Å²) in [4.78, 5) is 2.45. The van der Waals surface area contributed by atoms with Gasteiger partial charge in [-0.3, -0.25) is 0 Å². The van der Waals surface area contributed by atoms with Gasteiger partial charge in [0.1, 0.15) is 0 Å². The van der Waals surface area contributed by atoms with Crippen molar-refractivity contribution in [2.45, 2.75) is 13.0 Å². The van der Waals surface area contributed by atoms with Gasteiger partial charge in [-0.15, -0.1) is 0 Å². The minimum absolute atomic E-state index is 0.568. The summed E-state index contributed by atoms with van der Waals surface area (Å²) >= 11 is 0. The lowest BCUT2D eigenvalue weighted by Crippen LogP contribution is -2.49. The van der Waals surface area contributed by atoms with Gasteiger partial charge < -0.3 is 10.2 Å². The molecular formula is C13H18N2. The quantitative estimate of drug-likeness (QED) is 0.790. The number of hydrogen-bond donors (Lipinski definition) is 1. The third kappa shape index (κ3) is 2.21. The molecule has 2 heteroatoms. The van der Waals surface area contributed by atoms with Crippen LogP contribution in [0.3, 0.4) is 0 Å². The van der Waals surface area contributed by atoms with Crippen LogP contribution in [0.4, 0.5) is 5.69 Å². The molecule has 0 spiro atoms. The Labute approximate surface area is 91.6 Å². The maximum absolute atomic E-state index is 3.81. The van der Waals surface area contributed by atoms with Gasteiger partial charge in [-0.25, -0.2) is 0 Å². The normalized spacial score (nSPS) is 21.4. The lowest BCUT2D eigenvalue weighted by atomic mass is 10.1. The first-order valence-corrected chi connectivity index (χ1v) is 5.51. The smallest absolute Gasteiger partial charge is 0.0386 e. The number of anilines is 1. The van der Waals surface area contributed by atoms with Crippen LogP contribution >= 0.6 is 0 Å². The highest BCUT2D eigenvalue weighted by molar-refractivity contribution is 5.58. The molecule has 1 aromatic carbocycles. The fourth-order valence-corrected chi connectivity index (χ4v) is 2.06. The zero-order valence-corrected chi connectivity index (χ0v) is 9.24. The number of rotatable bonds is 2. The molecule has 1 heterocycles. The summed E-state index contributed by atoms with van der Waals surface area (Å²) in [5.41, 5.74) is 2.50. The Hall–Kier alpha value is -1.28. The minimum atomic E-state index is 0.568. The third-order valence-electron chi connectivity index (χ3n) is 2.94. The molecular weight excluding hydrogens is 184 g/mol. The molecule has 80 valence electrons. The molecule has 0 aliphatic carbocycles. The van der Waals surface area contributed by atoms with E-state index in [1.54, 1.807) is 0 Å². The number of nitrogens with zero attached hydrogens (tertiary/aromatic N) is 1. The lowest BCUT2D eigenvalue weighted by Gasteiger charge is -2.36. The summed E-state index contributed by atoms with van der Waals surface area (Å²) in [6, 6.07) is 9.13. The largest absolute Gasteiger partial charge is 0.366 e. The van der Waals surface area contributed by atoms with Crippen molar-refractivity contribution in [1.82, 2.24) is 5.32 Å². The van der Waals surface area contributed by atoms with Crippen molar-refractivity contribution in [3.8, 4) is 0 Å². The molecule has 0 saturated carbocycles. The SMILES string of the molecule is C=Cc1cccc(N2CCNC[C@H]2C)c1. The van der Waals surface area contributed by atoms with Crippen molar-refractivity contribution < 1.29 is 0 Å². The summed E-state index contributed by atoms with van der Waals surface area (Å²) < 4.78 is 0. The summed E-state index contributed by atoms with van der Waals surface area (Å²) in [5.74, 6) is 0. The van der Waals surface area contributed by atoms with Gasteiger partial charge in [0.05, 0.1) is 0 Å². The molecule has 1 atom stereocenters. The molecule has 0 radical (unpaired) electrons. The second-order valence-corrected chi connectivity index (χ2v) is 4.05. The van der Waals surface area contributed by atoms with E-state index in [1.807, 2.05) is 6.08 Å². The Kier molecular flexibility index (Phi) is 3.07. The molecule has 1 aliphatic rings. The topological polar surface area (TPSA) is 15.3 Å². The van der Waals surface area contributed by atoms with Gasteiger partial charge in [-0.05, 0) is 24.6 Å². The fraction of sp³-hybridized carbons (Fsp3) is 0.385. The van der Waals surface area contributed by atoms with Crippen LogP contribution in [0.1, 0.15) is 12.5 Å². The second kappa shape index (κ2) is 4.49. The Morgan fingerprint density at radius 2 is 2.40 bits per heavy atom. The van der Waals surface area contributed by atoms with Crippen molar-refractivity contribution in [1.29, 1.82) is 0 Å². The van der Waals surface area contributed by atoms with Crippen LogP contribution in [0.15, 0.2) is 30.8 Å². The van der Waals surface area contributed by atoms with Crippen LogP contribution < -0.4 is 10.2 Å². The summed E-state index contributed by atoms with van der Waals surface area (Å²) in [7, 11) is 0. The highest BCUT2D eigenvalue weighted by Crippen LogP contribution is 2.20. The number of piperazine rings is 1. The number of nitrogens with one attached hydrogen (secondary N) is 1. The van der Waals surface area contributed by atoms with Gasteiger partial charge in [-0.1, -0.05) is 24.8 Å². The fourth-order valence-electron chi connectivity index (χ4n) is 2.06. The molecule has 0 aromatic heterocycles. The molecule has 2 rings (SSSR count). The average molecular weight is 202 g/mol. The maximum Gasteiger partial charge on any atom is 0.0386 e. The third-order valence-corrected chi connectivity index (χ3v) is 2.94. The van der Waals surface area contributed by atoms with Crippen molar-refractivity contribution in [3.05, 3.63) is 36.4 Å². The first-order valence-electron chi connectivity index (χ1n) is 5.51. The highest BCUT2D eigenvalue weighted by atomic mass is 15.2. The molecule has 2 nitrogen and oxygen atoms in total. The molecule has 0 unspecified atom stereocenters. The zero-order valence-electron chi connectivity index (χ0n) is 9.24. The summed E-state index contributed by atoms with van der Waals surface area (Å²) in [5, 5.41) is 3.40. The zero-order chi connectivity index (χ0) is 10.7. The molecule has 0 bridgehead atoms. The van der Waals surface area contributed by atoms with E-state index < -0.39 is 0 Å². The van der Waals surface area contributed by atoms with Gasteiger partial charge in [0, 0.05) is 31.4 Å². The lowest BCUT2D eigenvalue weighted by molar-refractivity contribution is 0.501. The summed E-state index contributed by atoms with van der Waals surface area (Å²) in [6.07, 6.45) is 1.90. The number of hydrogen-bond acceptors (Lipinski definition) is 2. The Morgan fingerprint density at radius 1 is 1.53 bits per heavy atom. The van der Waals surface area contributed by atoms with E-state index in [1.165, 1.54) is 11.3 Å². The standard InChI is InChI=1S/C13H18N2/c1-3-12-5-4-6-13(9-12)15-8-7-14-10-11(15)2/h3-6,9,11,14H,1,7-8,10H2,2H3/t11-/m1/s1. The van der Waals surface area contributed by atoms with Crippen molar-refractivity contribution in [2.75, 3.05) is 24.5 Å². The summed E-state index contributed by atoms with van der Waals surface area (Å²) in [6.45, 7) is 9.29. The van der Waals surface area contributed by atoms with Crippen LogP contribution in [-0.2, 0) is 0 Å². The molecule has 0 amide bonds. The van der Waals surface area contributed by atoms with Crippen LogP contribution in [0, 0.1) is 0 Å². The molecule has 1 aliphatic heterocycles. The first-order chi connectivity index (χ1) is 7.31. The van der Waals surface area contributed by atoms with E-state index in [0.29, 0.717) is 6.04 Å². The van der Waals surface area contributed by atoms with E-state index in [9.17, 15) is 0 Å². The first kappa shape index (κ1) is 10.2. The molecule has 1 N–H and O–H groups in total. The predicted octanol–water partition coefficient (Wildman–Crippen LogP) is 2.13. The molecule has 1 aromatic rings. The Bertz CT molecular complexity index is 346.